The Morgan fingerprint density at radius 1 is 1.21 bits per heavy atom. The van der Waals surface area contributed by atoms with Crippen molar-refractivity contribution in [2.24, 2.45) is 0 Å². The van der Waals surface area contributed by atoms with Crippen molar-refractivity contribution in [3.8, 4) is 0 Å². The maximum atomic E-state index is 12.3. The summed E-state index contributed by atoms with van der Waals surface area (Å²) in [6.07, 6.45) is 3.23. The summed E-state index contributed by atoms with van der Waals surface area (Å²) in [5.41, 5.74) is 1.04. The molecular formula is C19H16Cl2N6OS. The number of fused-ring (bicyclic) bond motifs is 1. The second-order valence-electron chi connectivity index (χ2n) is 6.14. The van der Waals surface area contributed by atoms with Crippen molar-refractivity contribution in [1.29, 1.82) is 0 Å². The first-order valence-electron chi connectivity index (χ1n) is 8.78. The predicted molar refractivity (Wildman–Crippen MR) is 116 cm³/mol. The molecule has 0 saturated heterocycles. The van der Waals surface area contributed by atoms with Gasteiger partial charge in [-0.15, -0.1) is 11.3 Å². The Balaban J connectivity index is 1.41. The van der Waals surface area contributed by atoms with Gasteiger partial charge in [0.2, 0.25) is 0 Å². The largest absolute Gasteiger partial charge is 0.364 e. The molecule has 10 heteroatoms. The molecule has 0 aliphatic carbocycles. The van der Waals surface area contributed by atoms with Gasteiger partial charge in [-0.1, -0.05) is 29.3 Å². The van der Waals surface area contributed by atoms with E-state index in [1.54, 1.807) is 40.4 Å². The summed E-state index contributed by atoms with van der Waals surface area (Å²) in [5, 5.41) is 14.2. The van der Waals surface area contributed by atoms with Crippen LogP contribution in [0.2, 0.25) is 10.0 Å². The summed E-state index contributed by atoms with van der Waals surface area (Å²) in [6, 6.07) is 8.86. The molecule has 3 heterocycles. The molecule has 148 valence electrons. The molecule has 0 atom stereocenters. The van der Waals surface area contributed by atoms with Gasteiger partial charge in [-0.05, 0) is 29.6 Å². The van der Waals surface area contributed by atoms with Gasteiger partial charge in [-0.3, -0.25) is 4.79 Å². The molecule has 0 bridgehead atoms. The number of anilines is 1. The number of nitrogens with zero attached hydrogens (tertiary/aromatic N) is 4. The molecule has 7 nitrogen and oxygen atoms in total. The molecule has 0 aliphatic rings. The fourth-order valence-electron chi connectivity index (χ4n) is 2.82. The summed E-state index contributed by atoms with van der Waals surface area (Å²) in [6.45, 7) is 1.50. The van der Waals surface area contributed by atoms with Crippen molar-refractivity contribution in [3.63, 3.8) is 0 Å². The van der Waals surface area contributed by atoms with Crippen molar-refractivity contribution in [2.75, 3.05) is 11.9 Å². The normalized spacial score (nSPS) is 11.0. The average molecular weight is 447 g/mol. The van der Waals surface area contributed by atoms with Crippen LogP contribution in [0.15, 0.2) is 48.2 Å². The second kappa shape index (κ2) is 8.77. The van der Waals surface area contributed by atoms with Crippen LogP contribution < -0.4 is 10.6 Å². The van der Waals surface area contributed by atoms with Crippen molar-refractivity contribution < 1.29 is 4.79 Å². The van der Waals surface area contributed by atoms with Crippen molar-refractivity contribution in [3.05, 3.63) is 68.7 Å². The van der Waals surface area contributed by atoms with Crippen LogP contribution in [0, 0.1) is 0 Å². The first kappa shape index (κ1) is 19.6. The summed E-state index contributed by atoms with van der Waals surface area (Å²) in [4.78, 5) is 22.2. The van der Waals surface area contributed by atoms with Crippen LogP contribution in [-0.4, -0.2) is 32.2 Å². The van der Waals surface area contributed by atoms with E-state index < -0.39 is 0 Å². The molecule has 1 aromatic carbocycles. The van der Waals surface area contributed by atoms with E-state index in [4.69, 9.17) is 23.2 Å². The molecule has 0 unspecified atom stereocenters. The molecule has 0 radical (unpaired) electrons. The van der Waals surface area contributed by atoms with Gasteiger partial charge in [0.25, 0.3) is 5.91 Å². The first-order valence-corrected chi connectivity index (χ1v) is 10.4. The lowest BCUT2D eigenvalue weighted by Crippen LogP contribution is -2.27. The van der Waals surface area contributed by atoms with Crippen LogP contribution >= 0.6 is 34.5 Å². The maximum absolute atomic E-state index is 12.3. The van der Waals surface area contributed by atoms with E-state index in [0.717, 1.165) is 11.2 Å². The Labute approximate surface area is 180 Å². The summed E-state index contributed by atoms with van der Waals surface area (Å²) >= 11 is 13.7. The third-order valence-corrected chi connectivity index (χ3v) is 5.67. The highest BCUT2D eigenvalue weighted by atomic mass is 35.5. The number of aromatic nitrogens is 4. The third-order valence-electron chi connectivity index (χ3n) is 4.23. The minimum Gasteiger partial charge on any atom is -0.364 e. The van der Waals surface area contributed by atoms with Crippen molar-refractivity contribution >= 4 is 57.3 Å². The lowest BCUT2D eigenvalue weighted by atomic mass is 10.2. The molecule has 0 fully saturated rings. The molecule has 0 aliphatic heterocycles. The number of thiophene rings is 1. The molecule has 4 rings (SSSR count). The standard InChI is InChI=1S/C19H16Cl2N6OS/c20-12-3-4-16(21)14(8-12)19(28)22-5-6-27-18-15(10-26-27)17(24-11-25-18)23-9-13-2-1-7-29-13/h1-4,7-8,10-11H,5-6,9H2,(H,22,28)(H,23,24,25). The van der Waals surface area contributed by atoms with Gasteiger partial charge in [0.05, 0.1) is 35.3 Å². The zero-order valence-electron chi connectivity index (χ0n) is 15.1. The van der Waals surface area contributed by atoms with Crippen molar-refractivity contribution in [1.82, 2.24) is 25.1 Å². The van der Waals surface area contributed by atoms with Crippen molar-refractivity contribution in [2.45, 2.75) is 13.1 Å². The highest BCUT2D eigenvalue weighted by Crippen LogP contribution is 2.21. The molecule has 29 heavy (non-hydrogen) atoms. The molecule has 2 N–H and O–H groups in total. The quantitative estimate of drug-likeness (QED) is 0.443. The van der Waals surface area contributed by atoms with Gasteiger partial charge in [0.15, 0.2) is 5.65 Å². The number of rotatable bonds is 7. The van der Waals surface area contributed by atoms with Gasteiger partial charge in [-0.2, -0.15) is 5.10 Å². The van der Waals surface area contributed by atoms with Crippen LogP contribution in [0.4, 0.5) is 5.82 Å². The second-order valence-corrected chi connectivity index (χ2v) is 8.02. The smallest absolute Gasteiger partial charge is 0.252 e. The highest BCUT2D eigenvalue weighted by Gasteiger charge is 2.12. The Morgan fingerprint density at radius 3 is 2.93 bits per heavy atom. The minimum absolute atomic E-state index is 0.290. The van der Waals surface area contributed by atoms with Crippen LogP contribution in [-0.2, 0) is 13.1 Å². The van der Waals surface area contributed by atoms with E-state index in [1.165, 1.54) is 11.2 Å². The number of nitrogens with one attached hydrogen (secondary N) is 2. The molecule has 0 spiro atoms. The monoisotopic (exact) mass is 446 g/mol. The lowest BCUT2D eigenvalue weighted by molar-refractivity contribution is 0.0952. The Morgan fingerprint density at radius 2 is 2.10 bits per heavy atom. The number of amides is 1. The zero-order valence-corrected chi connectivity index (χ0v) is 17.4. The first-order chi connectivity index (χ1) is 14.1. The minimum atomic E-state index is -0.290. The number of benzene rings is 1. The van der Waals surface area contributed by atoms with Gasteiger partial charge in [0.1, 0.15) is 12.1 Å². The number of carbonyl (C=O) groups is 1. The van der Waals surface area contributed by atoms with Crippen LogP contribution in [0.5, 0.6) is 0 Å². The third kappa shape index (κ3) is 4.50. The summed E-state index contributed by atoms with van der Waals surface area (Å²) in [7, 11) is 0. The van der Waals surface area contributed by atoms with Crippen LogP contribution in [0.1, 0.15) is 15.2 Å². The zero-order chi connectivity index (χ0) is 20.2. The number of hydrogen-bond donors (Lipinski definition) is 2. The van der Waals surface area contributed by atoms with Gasteiger partial charge in [0, 0.05) is 16.4 Å². The number of halogens is 2. The van der Waals surface area contributed by atoms with Gasteiger partial charge < -0.3 is 10.6 Å². The van der Waals surface area contributed by atoms with E-state index in [9.17, 15) is 4.79 Å². The lowest BCUT2D eigenvalue weighted by Gasteiger charge is -2.08. The maximum Gasteiger partial charge on any atom is 0.252 e. The average Bonchev–Trinajstić information content (AvgIpc) is 3.38. The summed E-state index contributed by atoms with van der Waals surface area (Å²) < 4.78 is 1.73. The fourth-order valence-corrected chi connectivity index (χ4v) is 3.84. The molecule has 1 amide bonds. The van der Waals surface area contributed by atoms with E-state index in [1.807, 2.05) is 11.4 Å². The van der Waals surface area contributed by atoms with Gasteiger partial charge >= 0.3 is 0 Å². The SMILES string of the molecule is O=C(NCCn1ncc2c(NCc3cccs3)ncnc21)c1cc(Cl)ccc1Cl. The predicted octanol–water partition coefficient (Wildman–Crippen LogP) is 4.24. The van der Waals surface area contributed by atoms with Crippen LogP contribution in [0.3, 0.4) is 0 Å². The van der Waals surface area contributed by atoms with E-state index in [-0.39, 0.29) is 5.91 Å². The number of hydrogen-bond acceptors (Lipinski definition) is 6. The Kier molecular flexibility index (Phi) is 5.94. The summed E-state index contributed by atoms with van der Waals surface area (Å²) in [5.74, 6) is 0.436. The fraction of sp³-hybridized carbons (Fsp3) is 0.158. The molecule has 0 saturated carbocycles. The Bertz CT molecular complexity index is 1150. The molecule has 3 aromatic heterocycles. The van der Waals surface area contributed by atoms with E-state index >= 15 is 0 Å². The topological polar surface area (TPSA) is 84.7 Å². The Hall–Kier alpha value is -2.68. The van der Waals surface area contributed by atoms with Crippen LogP contribution in [0.25, 0.3) is 11.0 Å². The molecule has 4 aromatic rings. The van der Waals surface area contributed by atoms with E-state index in [2.05, 4.69) is 31.8 Å². The highest BCUT2D eigenvalue weighted by molar-refractivity contribution is 7.09. The van der Waals surface area contributed by atoms with Gasteiger partial charge in [-0.25, -0.2) is 14.6 Å². The van der Waals surface area contributed by atoms with E-state index in [0.29, 0.717) is 40.9 Å². The molecular weight excluding hydrogens is 431 g/mol. The number of carbonyl (C=O) groups excluding carboxylic acids is 1.